The molecule has 0 saturated carbocycles. The lowest BCUT2D eigenvalue weighted by atomic mass is 10.2. The van der Waals surface area contributed by atoms with Gasteiger partial charge in [-0.05, 0) is 31.2 Å². The molecule has 0 unspecified atom stereocenters. The molecule has 1 aromatic carbocycles. The van der Waals surface area contributed by atoms with Crippen molar-refractivity contribution in [3.8, 4) is 0 Å². The molecule has 0 aromatic heterocycles. The minimum absolute atomic E-state index is 0.107. The zero-order valence-electron chi connectivity index (χ0n) is 9.82. The van der Waals surface area contributed by atoms with E-state index in [1.54, 1.807) is 12.1 Å². The number of aliphatic carboxylic acids is 1. The molecule has 0 radical (unpaired) electrons. The Balaban J connectivity index is 2.77. The minimum atomic E-state index is -0.800. The third kappa shape index (κ3) is 4.91. The monoisotopic (exact) mass is 253 g/mol. The Labute approximate surface area is 106 Å². The molecule has 0 atom stereocenters. The van der Waals surface area contributed by atoms with Crippen molar-refractivity contribution in [3.05, 3.63) is 41.4 Å². The molecule has 0 aliphatic rings. The Morgan fingerprint density at radius 2 is 2.00 bits per heavy atom. The van der Waals surface area contributed by atoms with Gasteiger partial charge in [-0.25, -0.2) is 0 Å². The van der Waals surface area contributed by atoms with E-state index < -0.39 is 5.97 Å². The summed E-state index contributed by atoms with van der Waals surface area (Å²) in [6.45, 7) is 6.88. The second-order valence-corrected chi connectivity index (χ2v) is 4.44. The fraction of sp³-hybridized carbons (Fsp3) is 0.308. The van der Waals surface area contributed by atoms with Gasteiger partial charge < -0.3 is 10.0 Å². The molecule has 0 aliphatic heterocycles. The first-order chi connectivity index (χ1) is 7.99. The van der Waals surface area contributed by atoms with E-state index in [4.69, 9.17) is 16.7 Å². The smallest absolute Gasteiger partial charge is 0.305 e. The van der Waals surface area contributed by atoms with E-state index in [0.29, 0.717) is 18.1 Å². The number of halogens is 1. The Morgan fingerprint density at radius 3 is 2.47 bits per heavy atom. The van der Waals surface area contributed by atoms with Crippen LogP contribution in [0.1, 0.15) is 13.3 Å². The molecule has 1 rings (SSSR count). The van der Waals surface area contributed by atoms with Crippen molar-refractivity contribution >= 4 is 23.3 Å². The Morgan fingerprint density at radius 1 is 1.41 bits per heavy atom. The maximum atomic E-state index is 10.6. The van der Waals surface area contributed by atoms with Crippen LogP contribution in [-0.2, 0) is 4.79 Å². The van der Waals surface area contributed by atoms with Crippen LogP contribution in [-0.4, -0.2) is 24.2 Å². The molecule has 4 heteroatoms. The summed E-state index contributed by atoms with van der Waals surface area (Å²) in [7, 11) is 0. The summed E-state index contributed by atoms with van der Waals surface area (Å²) in [5.41, 5.74) is 1.95. The molecule has 1 aromatic rings. The van der Waals surface area contributed by atoms with Crippen molar-refractivity contribution in [3.63, 3.8) is 0 Å². The predicted molar refractivity (Wildman–Crippen MR) is 70.7 cm³/mol. The Hall–Kier alpha value is -1.48. The van der Waals surface area contributed by atoms with Gasteiger partial charge >= 0.3 is 5.97 Å². The molecule has 1 N–H and O–H groups in total. The molecule has 0 bridgehead atoms. The van der Waals surface area contributed by atoms with Crippen molar-refractivity contribution in [2.75, 3.05) is 18.0 Å². The number of carboxylic acids is 1. The van der Waals surface area contributed by atoms with Crippen molar-refractivity contribution in [1.29, 1.82) is 0 Å². The highest BCUT2D eigenvalue weighted by Gasteiger charge is 2.08. The van der Waals surface area contributed by atoms with Crippen LogP contribution >= 0.6 is 11.6 Å². The zero-order chi connectivity index (χ0) is 12.8. The summed E-state index contributed by atoms with van der Waals surface area (Å²) >= 11 is 5.82. The number of carboxylic acid groups (broad SMARTS) is 1. The Kier molecular flexibility index (Phi) is 5.04. The lowest BCUT2D eigenvalue weighted by molar-refractivity contribution is -0.136. The lowest BCUT2D eigenvalue weighted by Gasteiger charge is -2.24. The summed E-state index contributed by atoms with van der Waals surface area (Å²) in [5, 5.41) is 9.39. The predicted octanol–water partition coefficient (Wildman–Crippen LogP) is 3.20. The molecular formula is C13H16ClNO2. The zero-order valence-corrected chi connectivity index (χ0v) is 10.6. The molecule has 3 nitrogen and oxygen atoms in total. The van der Waals surface area contributed by atoms with Gasteiger partial charge in [0.25, 0.3) is 0 Å². The van der Waals surface area contributed by atoms with Gasteiger partial charge in [-0.15, -0.1) is 0 Å². The highest BCUT2D eigenvalue weighted by atomic mass is 35.5. The summed E-state index contributed by atoms with van der Waals surface area (Å²) in [6, 6.07) is 7.35. The number of benzene rings is 1. The van der Waals surface area contributed by atoms with Gasteiger partial charge in [-0.3, -0.25) is 4.79 Å². The molecule has 92 valence electrons. The van der Waals surface area contributed by atoms with E-state index >= 15 is 0 Å². The number of hydrogen-bond acceptors (Lipinski definition) is 2. The van der Waals surface area contributed by atoms with E-state index in [2.05, 4.69) is 6.58 Å². The van der Waals surface area contributed by atoms with E-state index in [-0.39, 0.29) is 6.42 Å². The van der Waals surface area contributed by atoms with Crippen LogP contribution in [0.15, 0.2) is 36.4 Å². The largest absolute Gasteiger partial charge is 0.481 e. The van der Waals surface area contributed by atoms with Gasteiger partial charge in [0.15, 0.2) is 0 Å². The van der Waals surface area contributed by atoms with E-state index in [0.717, 1.165) is 11.3 Å². The lowest BCUT2D eigenvalue weighted by Crippen LogP contribution is -2.27. The molecule has 0 fully saturated rings. The minimum Gasteiger partial charge on any atom is -0.481 e. The molecule has 0 saturated heterocycles. The second-order valence-electron chi connectivity index (χ2n) is 4.00. The van der Waals surface area contributed by atoms with Gasteiger partial charge in [0, 0.05) is 23.8 Å². The highest BCUT2D eigenvalue weighted by Crippen LogP contribution is 2.19. The summed E-state index contributed by atoms with van der Waals surface area (Å²) < 4.78 is 0. The molecule has 0 amide bonds. The average molecular weight is 254 g/mol. The van der Waals surface area contributed by atoms with Crippen LogP contribution in [0, 0.1) is 0 Å². The topological polar surface area (TPSA) is 40.5 Å². The molecule has 17 heavy (non-hydrogen) atoms. The van der Waals surface area contributed by atoms with Crippen LogP contribution in [0.3, 0.4) is 0 Å². The van der Waals surface area contributed by atoms with Crippen LogP contribution in [0.2, 0.25) is 5.02 Å². The van der Waals surface area contributed by atoms with Crippen molar-refractivity contribution in [2.45, 2.75) is 13.3 Å². The number of nitrogens with zero attached hydrogens (tertiary/aromatic N) is 1. The highest BCUT2D eigenvalue weighted by molar-refractivity contribution is 6.30. The SMILES string of the molecule is C=C(C)CN(CCC(=O)O)c1ccc(Cl)cc1. The van der Waals surface area contributed by atoms with Crippen molar-refractivity contribution in [2.24, 2.45) is 0 Å². The molecule has 0 spiro atoms. The van der Waals surface area contributed by atoms with Gasteiger partial charge in [0.2, 0.25) is 0 Å². The van der Waals surface area contributed by atoms with Gasteiger partial charge in [-0.1, -0.05) is 23.8 Å². The van der Waals surface area contributed by atoms with E-state index in [1.807, 2.05) is 24.0 Å². The van der Waals surface area contributed by atoms with Gasteiger partial charge in [0.1, 0.15) is 0 Å². The molecular weight excluding hydrogens is 238 g/mol. The standard InChI is InChI=1S/C13H16ClNO2/c1-10(2)9-15(8-7-13(16)17)12-5-3-11(14)4-6-12/h3-6H,1,7-9H2,2H3,(H,16,17). The maximum Gasteiger partial charge on any atom is 0.305 e. The second kappa shape index (κ2) is 6.30. The van der Waals surface area contributed by atoms with Crippen molar-refractivity contribution in [1.82, 2.24) is 0 Å². The van der Waals surface area contributed by atoms with Gasteiger partial charge in [-0.2, -0.15) is 0 Å². The maximum absolute atomic E-state index is 10.6. The molecule has 0 heterocycles. The first-order valence-electron chi connectivity index (χ1n) is 5.35. The molecule has 0 aliphatic carbocycles. The quantitative estimate of drug-likeness (QED) is 0.792. The van der Waals surface area contributed by atoms with Crippen LogP contribution < -0.4 is 4.90 Å². The number of carbonyl (C=O) groups is 1. The number of rotatable bonds is 6. The third-order valence-corrected chi connectivity index (χ3v) is 2.50. The van der Waals surface area contributed by atoms with Crippen molar-refractivity contribution < 1.29 is 9.90 Å². The fourth-order valence-corrected chi connectivity index (χ4v) is 1.63. The van der Waals surface area contributed by atoms with Gasteiger partial charge in [0.05, 0.1) is 6.42 Å². The van der Waals surface area contributed by atoms with Crippen LogP contribution in [0.25, 0.3) is 0 Å². The first-order valence-corrected chi connectivity index (χ1v) is 5.73. The summed E-state index contributed by atoms with van der Waals surface area (Å²) in [5.74, 6) is -0.800. The fourth-order valence-electron chi connectivity index (χ4n) is 1.51. The number of anilines is 1. The van der Waals surface area contributed by atoms with E-state index in [1.165, 1.54) is 0 Å². The normalized spacial score (nSPS) is 10.0. The van der Waals surface area contributed by atoms with Crippen LogP contribution in [0.4, 0.5) is 5.69 Å². The van der Waals surface area contributed by atoms with Crippen LogP contribution in [0.5, 0.6) is 0 Å². The third-order valence-electron chi connectivity index (χ3n) is 2.25. The average Bonchev–Trinajstić information content (AvgIpc) is 2.25. The Bertz CT molecular complexity index is 400. The number of hydrogen-bond donors (Lipinski definition) is 1. The summed E-state index contributed by atoms with van der Waals surface area (Å²) in [4.78, 5) is 12.6. The first kappa shape index (κ1) is 13.6. The summed E-state index contributed by atoms with van der Waals surface area (Å²) in [6.07, 6.45) is 0.107. The van der Waals surface area contributed by atoms with E-state index in [9.17, 15) is 4.79 Å².